The first kappa shape index (κ1) is 32.8. The molecule has 4 rings (SSSR count). The molecule has 0 atom stereocenters. The molecule has 4 aromatic carbocycles. The van der Waals surface area contributed by atoms with Crippen molar-refractivity contribution in [2.45, 2.75) is 9.79 Å². The summed E-state index contributed by atoms with van der Waals surface area (Å²) in [7, 11) is -10.1. The summed E-state index contributed by atoms with van der Waals surface area (Å²) < 4.78 is 69.1. The second-order valence-electron chi connectivity index (χ2n) is 7.49. The molecule has 0 aliphatic rings. The van der Waals surface area contributed by atoms with Crippen LogP contribution in [0.2, 0.25) is 0 Å². The van der Waals surface area contributed by atoms with Crippen LogP contribution in [-0.4, -0.2) is 31.0 Å². The number of phenolic OH excluding ortho intramolecular Hbond substituents is 1. The molecule has 4 aromatic rings. The minimum Gasteiger partial charge on any atom is -0.744 e. The van der Waals surface area contributed by atoms with Crippen LogP contribution in [0.4, 0.5) is 11.4 Å². The van der Waals surface area contributed by atoms with Crippen molar-refractivity contribution in [2.75, 3.05) is 10.9 Å². The Hall–Kier alpha value is -2.44. The standard InChI is InChI=1S/C22H16N4O9S2.2Na/c27-18-7-6-16(22(29)21(18)26-23-13-4-2-1-3-5-13)24-25-17-10-14(36(30,31)32)8-12-9-15(37(33,34)35)11-19(28)20(12)17;;/h1-11,23,25,28H,(H,30,31,32)(H,33,34,35);;/q;2*+1/p-2/b24-16+,26-21-;;. The Balaban J connectivity index is 0.00000267. The Bertz CT molecular complexity index is 1990. The molecule has 0 fully saturated rings. The molecule has 0 saturated carbocycles. The molecule has 0 bridgehead atoms. The van der Waals surface area contributed by atoms with Crippen LogP contribution in [0.3, 0.4) is 0 Å². The second-order valence-corrected chi connectivity index (χ2v) is 10.3. The van der Waals surface area contributed by atoms with Crippen molar-refractivity contribution in [3.63, 3.8) is 0 Å². The van der Waals surface area contributed by atoms with Gasteiger partial charge in [0.2, 0.25) is 10.9 Å². The van der Waals surface area contributed by atoms with Crippen molar-refractivity contribution in [1.29, 1.82) is 0 Å². The maximum absolute atomic E-state index is 12.8. The molecular formula is C22H14N4Na2O9S2. The molecule has 0 amide bonds. The van der Waals surface area contributed by atoms with E-state index in [1.165, 1.54) is 0 Å². The maximum atomic E-state index is 12.8. The van der Waals surface area contributed by atoms with Gasteiger partial charge in [-0.15, -0.1) is 0 Å². The van der Waals surface area contributed by atoms with Crippen LogP contribution in [-0.2, 0) is 20.2 Å². The van der Waals surface area contributed by atoms with Gasteiger partial charge in [-0.25, -0.2) is 16.8 Å². The van der Waals surface area contributed by atoms with Crippen molar-refractivity contribution in [1.82, 2.24) is 0 Å². The van der Waals surface area contributed by atoms with Crippen LogP contribution in [0.5, 0.6) is 5.75 Å². The van der Waals surface area contributed by atoms with E-state index in [0.717, 1.165) is 30.3 Å². The van der Waals surface area contributed by atoms with Crippen molar-refractivity contribution >= 4 is 42.4 Å². The second kappa shape index (κ2) is 12.8. The van der Waals surface area contributed by atoms with Crippen LogP contribution in [0, 0.1) is 0 Å². The zero-order valence-corrected chi connectivity index (χ0v) is 25.9. The predicted octanol–water partition coefficient (Wildman–Crippen LogP) is -6.19. The first-order valence-electron chi connectivity index (χ1n) is 10.1. The first-order chi connectivity index (χ1) is 17.3. The molecule has 190 valence electrons. The van der Waals surface area contributed by atoms with Crippen LogP contribution in [0.25, 0.3) is 10.8 Å². The molecule has 3 N–H and O–H groups in total. The maximum Gasteiger partial charge on any atom is 1.00 e. The number of anilines is 2. The molecule has 0 radical (unpaired) electrons. The summed E-state index contributed by atoms with van der Waals surface area (Å²) in [4.78, 5) is 23.2. The monoisotopic (exact) mass is 588 g/mol. The molecule has 0 aromatic heterocycles. The smallest absolute Gasteiger partial charge is 0.744 e. The minimum atomic E-state index is -5.08. The number of nitrogens with one attached hydrogen (secondary N) is 2. The van der Waals surface area contributed by atoms with Gasteiger partial charge >= 0.3 is 59.1 Å². The topological polar surface area (TPSA) is 218 Å². The molecule has 0 aliphatic carbocycles. The number of nitrogens with zero attached hydrogens (tertiary/aromatic N) is 2. The fourth-order valence-corrected chi connectivity index (χ4v) is 4.37. The zero-order valence-electron chi connectivity index (χ0n) is 20.3. The van der Waals surface area contributed by atoms with Gasteiger partial charge in [0.1, 0.15) is 31.3 Å². The summed E-state index contributed by atoms with van der Waals surface area (Å²) in [5.74, 6) is -0.750. The third-order valence-electron chi connectivity index (χ3n) is 4.99. The average Bonchev–Trinajstić information content (AvgIpc) is 2.82. The van der Waals surface area contributed by atoms with E-state index in [2.05, 4.69) is 21.1 Å². The third-order valence-corrected chi connectivity index (χ3v) is 6.62. The number of hydrogen-bond donors (Lipinski definition) is 3. The molecule has 0 spiro atoms. The van der Waals surface area contributed by atoms with Gasteiger partial charge in [0, 0.05) is 5.39 Å². The Morgan fingerprint density at radius 3 is 1.92 bits per heavy atom. The van der Waals surface area contributed by atoms with Gasteiger partial charge < -0.3 is 14.2 Å². The third kappa shape index (κ3) is 7.61. The van der Waals surface area contributed by atoms with Crippen molar-refractivity contribution in [3.8, 4) is 5.75 Å². The van der Waals surface area contributed by atoms with Gasteiger partial charge in [-0.3, -0.25) is 20.4 Å². The normalized spacial score (nSPS) is 12.5. The SMILES string of the molecule is O=c1cc/c(=N\Nc2cc(S(=O)(=O)[O-])cc3cc(S(=O)(=O)[O-])cc(O)c23)c(=O)/c1=N\Nc1ccccc1.[Na+].[Na+]. The fraction of sp³-hybridized carbons (Fsp3) is 0. The summed E-state index contributed by atoms with van der Waals surface area (Å²) in [6.07, 6.45) is 0. The number of rotatable bonds is 6. The largest absolute Gasteiger partial charge is 1.00 e. The Kier molecular flexibility index (Phi) is 10.8. The Morgan fingerprint density at radius 2 is 1.33 bits per heavy atom. The minimum absolute atomic E-state index is 0. The van der Waals surface area contributed by atoms with E-state index in [9.17, 15) is 40.6 Å². The average molecular weight is 588 g/mol. The zero-order chi connectivity index (χ0) is 27.0. The van der Waals surface area contributed by atoms with E-state index >= 15 is 0 Å². The van der Waals surface area contributed by atoms with E-state index in [1.54, 1.807) is 30.3 Å². The van der Waals surface area contributed by atoms with Crippen molar-refractivity contribution in [2.24, 2.45) is 10.2 Å². The van der Waals surface area contributed by atoms with E-state index < -0.39 is 52.0 Å². The molecule has 39 heavy (non-hydrogen) atoms. The quantitative estimate of drug-likeness (QED) is 0.109. The molecule has 17 heteroatoms. The Labute approximate surface area is 264 Å². The molecule has 0 unspecified atom stereocenters. The Morgan fingerprint density at radius 1 is 0.744 bits per heavy atom. The fourth-order valence-electron chi connectivity index (χ4n) is 3.31. The summed E-state index contributed by atoms with van der Waals surface area (Å²) in [6, 6.07) is 13.5. The number of phenols is 1. The van der Waals surface area contributed by atoms with E-state index in [1.807, 2.05) is 0 Å². The molecule has 13 nitrogen and oxygen atoms in total. The first-order valence-corrected chi connectivity index (χ1v) is 12.9. The molecule has 0 saturated heterocycles. The summed E-state index contributed by atoms with van der Waals surface area (Å²) in [6.45, 7) is 0. The number of aromatic hydroxyl groups is 1. The number of benzene rings is 4. The summed E-state index contributed by atoms with van der Waals surface area (Å²) in [5.41, 5.74) is 3.50. The van der Waals surface area contributed by atoms with Crippen LogP contribution < -0.4 is 91.5 Å². The summed E-state index contributed by atoms with van der Waals surface area (Å²) in [5, 5.41) is 16.7. The number of para-hydroxylation sites is 1. The number of fused-ring (bicyclic) bond motifs is 1. The van der Waals surface area contributed by atoms with Gasteiger partial charge in [0.25, 0.3) is 0 Å². The molecule has 0 heterocycles. The van der Waals surface area contributed by atoms with Crippen LogP contribution >= 0.6 is 0 Å². The van der Waals surface area contributed by atoms with Gasteiger partial charge in [-0.05, 0) is 53.9 Å². The van der Waals surface area contributed by atoms with E-state index in [-0.39, 0.29) is 80.9 Å². The van der Waals surface area contributed by atoms with Gasteiger partial charge in [-0.2, -0.15) is 10.2 Å². The summed E-state index contributed by atoms with van der Waals surface area (Å²) >= 11 is 0. The predicted molar refractivity (Wildman–Crippen MR) is 128 cm³/mol. The van der Waals surface area contributed by atoms with Gasteiger partial charge in [0.15, 0.2) is 5.36 Å². The molecular weight excluding hydrogens is 574 g/mol. The van der Waals surface area contributed by atoms with Crippen LogP contribution in [0.1, 0.15) is 0 Å². The molecule has 0 aliphatic heterocycles. The van der Waals surface area contributed by atoms with Crippen molar-refractivity contribution < 1.29 is 90.2 Å². The van der Waals surface area contributed by atoms with E-state index in [4.69, 9.17) is 0 Å². The van der Waals surface area contributed by atoms with E-state index in [0.29, 0.717) is 11.8 Å². The number of hydrogen-bond acceptors (Lipinski definition) is 13. The van der Waals surface area contributed by atoms with Crippen LogP contribution in [0.15, 0.2) is 96.3 Å². The van der Waals surface area contributed by atoms with Gasteiger partial charge in [-0.1, -0.05) is 18.2 Å². The van der Waals surface area contributed by atoms with Crippen molar-refractivity contribution in [3.05, 3.63) is 97.9 Å². The van der Waals surface area contributed by atoms with Gasteiger partial charge in [0.05, 0.1) is 21.2 Å².